The molecule has 0 saturated heterocycles. The second kappa shape index (κ2) is 7.93. The van der Waals surface area contributed by atoms with Gasteiger partial charge in [0, 0.05) is 49.9 Å². The first kappa shape index (κ1) is 19.1. The number of rotatable bonds is 4. The summed E-state index contributed by atoms with van der Waals surface area (Å²) in [5, 5.41) is 0. The molecule has 0 bridgehead atoms. The van der Waals surface area contributed by atoms with Gasteiger partial charge in [-0.2, -0.15) is 0 Å². The van der Waals surface area contributed by atoms with E-state index in [1.807, 2.05) is 78.9 Å². The van der Waals surface area contributed by atoms with Crippen LogP contribution >= 0.6 is 0 Å². The molecule has 0 atom stereocenters. The molecule has 4 aromatic rings. The minimum absolute atomic E-state index is 0. The van der Waals surface area contributed by atoms with Gasteiger partial charge in [0.2, 0.25) is 0 Å². The third-order valence-corrected chi connectivity index (χ3v) is 4.06. The van der Waals surface area contributed by atoms with Gasteiger partial charge in [0.1, 0.15) is 0 Å². The van der Waals surface area contributed by atoms with Gasteiger partial charge < -0.3 is 13.9 Å². The maximum Gasteiger partial charge on any atom is 2.00 e. The molecule has 0 aliphatic carbocycles. The fourth-order valence-electron chi connectivity index (χ4n) is 2.89. The molecule has 5 nitrogen and oxygen atoms in total. The summed E-state index contributed by atoms with van der Waals surface area (Å²) in [5.41, 5.74) is 2.74. The van der Waals surface area contributed by atoms with Gasteiger partial charge in [0.15, 0.2) is 0 Å². The minimum Gasteiger partial charge on any atom is -0.497 e. The molecule has 0 aliphatic heterocycles. The SMILES string of the molecule is Cc1cn(C)c(-c2[c-]c(Oc3[c-]c(-c4nccn4C)ccc3)ccc2)n1.[Pt+2]. The van der Waals surface area contributed by atoms with Crippen molar-refractivity contribution in [3.05, 3.63) is 72.8 Å². The predicted octanol–water partition coefficient (Wildman–Crippen LogP) is 4.19. The molecule has 0 radical (unpaired) electrons. The number of nitrogens with zero attached hydrogens (tertiary/aromatic N) is 4. The van der Waals surface area contributed by atoms with E-state index in [-0.39, 0.29) is 21.1 Å². The van der Waals surface area contributed by atoms with Crippen molar-refractivity contribution in [2.45, 2.75) is 6.92 Å². The van der Waals surface area contributed by atoms with E-state index in [9.17, 15) is 0 Å². The zero-order chi connectivity index (χ0) is 18.1. The molecule has 138 valence electrons. The van der Waals surface area contributed by atoms with E-state index >= 15 is 0 Å². The molecule has 6 heteroatoms. The Morgan fingerprint density at radius 3 is 2.04 bits per heavy atom. The van der Waals surface area contributed by atoms with Crippen molar-refractivity contribution in [2.75, 3.05) is 0 Å². The quantitative estimate of drug-likeness (QED) is 0.367. The molecule has 2 aromatic heterocycles. The summed E-state index contributed by atoms with van der Waals surface area (Å²) in [6.07, 6.45) is 5.66. The van der Waals surface area contributed by atoms with E-state index in [1.54, 1.807) is 6.20 Å². The maximum absolute atomic E-state index is 5.98. The first-order chi connectivity index (χ1) is 12.6. The average molecular weight is 537 g/mol. The summed E-state index contributed by atoms with van der Waals surface area (Å²) in [6, 6.07) is 18.1. The number of imidazole rings is 2. The molecule has 0 amide bonds. The molecule has 0 spiro atoms. The maximum atomic E-state index is 5.98. The first-order valence-electron chi connectivity index (χ1n) is 8.31. The number of hydrogen-bond donors (Lipinski definition) is 0. The van der Waals surface area contributed by atoms with Crippen LogP contribution in [-0.4, -0.2) is 19.1 Å². The fourth-order valence-corrected chi connectivity index (χ4v) is 2.89. The van der Waals surface area contributed by atoms with Gasteiger partial charge in [0.25, 0.3) is 0 Å². The smallest absolute Gasteiger partial charge is 0.497 e. The molecule has 0 unspecified atom stereocenters. The van der Waals surface area contributed by atoms with Crippen LogP contribution in [-0.2, 0) is 35.2 Å². The van der Waals surface area contributed by atoms with Crippen LogP contribution in [0.2, 0.25) is 0 Å². The normalized spacial score (nSPS) is 10.5. The summed E-state index contributed by atoms with van der Waals surface area (Å²) in [7, 11) is 3.93. The summed E-state index contributed by atoms with van der Waals surface area (Å²) >= 11 is 0. The van der Waals surface area contributed by atoms with E-state index in [4.69, 9.17) is 4.74 Å². The summed E-state index contributed by atoms with van der Waals surface area (Å²) in [4.78, 5) is 8.90. The predicted molar refractivity (Wildman–Crippen MR) is 99.8 cm³/mol. The van der Waals surface area contributed by atoms with Crippen molar-refractivity contribution in [1.29, 1.82) is 0 Å². The molecule has 2 aromatic carbocycles. The van der Waals surface area contributed by atoms with Gasteiger partial charge in [-0.3, -0.25) is 9.97 Å². The largest absolute Gasteiger partial charge is 2.00 e. The van der Waals surface area contributed by atoms with E-state index in [1.165, 1.54) is 0 Å². The van der Waals surface area contributed by atoms with Crippen molar-refractivity contribution in [3.63, 3.8) is 0 Å². The van der Waals surface area contributed by atoms with Gasteiger partial charge in [-0.25, -0.2) is 0 Å². The van der Waals surface area contributed by atoms with E-state index in [2.05, 4.69) is 22.1 Å². The summed E-state index contributed by atoms with van der Waals surface area (Å²) in [6.45, 7) is 1.97. The van der Waals surface area contributed by atoms with Crippen molar-refractivity contribution >= 4 is 0 Å². The van der Waals surface area contributed by atoms with Crippen LogP contribution in [0.25, 0.3) is 22.8 Å². The Kier molecular flexibility index (Phi) is 5.62. The summed E-state index contributed by atoms with van der Waals surface area (Å²) in [5.74, 6) is 2.95. The van der Waals surface area contributed by atoms with Crippen LogP contribution in [0.3, 0.4) is 0 Å². The third-order valence-electron chi connectivity index (χ3n) is 4.06. The Morgan fingerprint density at radius 1 is 0.889 bits per heavy atom. The van der Waals surface area contributed by atoms with Crippen LogP contribution in [0.5, 0.6) is 11.5 Å². The van der Waals surface area contributed by atoms with Crippen LogP contribution < -0.4 is 4.74 Å². The Bertz CT molecular complexity index is 1070. The van der Waals surface area contributed by atoms with E-state index in [0.717, 1.165) is 28.5 Å². The number of benzene rings is 2. The van der Waals surface area contributed by atoms with Crippen molar-refractivity contribution in [1.82, 2.24) is 19.1 Å². The van der Waals surface area contributed by atoms with Crippen molar-refractivity contribution < 1.29 is 25.8 Å². The molecule has 0 saturated carbocycles. The second-order valence-electron chi connectivity index (χ2n) is 6.14. The number of hydrogen-bond acceptors (Lipinski definition) is 3. The van der Waals surface area contributed by atoms with Crippen LogP contribution in [0.4, 0.5) is 0 Å². The Labute approximate surface area is 172 Å². The minimum atomic E-state index is 0. The van der Waals surface area contributed by atoms with Crippen LogP contribution in [0.15, 0.2) is 55.0 Å². The third kappa shape index (κ3) is 4.04. The monoisotopic (exact) mass is 537 g/mol. The van der Waals surface area contributed by atoms with Crippen LogP contribution in [0, 0.1) is 19.1 Å². The Hall–Kier alpha value is -2.65. The average Bonchev–Trinajstić information content (AvgIpc) is 3.20. The van der Waals surface area contributed by atoms with Crippen LogP contribution in [0.1, 0.15) is 5.69 Å². The van der Waals surface area contributed by atoms with Gasteiger partial charge in [-0.15, -0.1) is 47.5 Å². The molecule has 2 heterocycles. The molecular weight excluding hydrogens is 519 g/mol. The zero-order valence-electron chi connectivity index (χ0n) is 15.2. The standard InChI is InChI=1S/C21H18N4O.Pt/c1-15-14-25(3)21(23-15)17-7-5-9-19(13-17)26-18-8-4-6-16(12-18)20-22-10-11-24(20)2;/h4-11,14H,1-3H3;/q-2;+2. The van der Waals surface area contributed by atoms with E-state index < -0.39 is 0 Å². The summed E-state index contributed by atoms with van der Waals surface area (Å²) < 4.78 is 9.92. The van der Waals surface area contributed by atoms with Crippen molar-refractivity contribution in [2.24, 2.45) is 14.1 Å². The topological polar surface area (TPSA) is 44.9 Å². The van der Waals surface area contributed by atoms with Gasteiger partial charge >= 0.3 is 21.1 Å². The molecule has 4 rings (SSSR count). The Morgan fingerprint density at radius 2 is 1.52 bits per heavy atom. The molecule has 0 aliphatic rings. The number of ether oxygens (including phenoxy) is 1. The fraction of sp³-hybridized carbons (Fsp3) is 0.143. The number of aryl methyl sites for hydroxylation is 3. The Balaban J connectivity index is 0.00000210. The van der Waals surface area contributed by atoms with Gasteiger partial charge in [-0.1, -0.05) is 12.1 Å². The molecule has 27 heavy (non-hydrogen) atoms. The van der Waals surface area contributed by atoms with Gasteiger partial charge in [0.05, 0.1) is 11.6 Å². The second-order valence-corrected chi connectivity index (χ2v) is 6.14. The van der Waals surface area contributed by atoms with Crippen molar-refractivity contribution in [3.8, 4) is 34.3 Å². The molecule has 0 N–H and O–H groups in total. The zero-order valence-corrected chi connectivity index (χ0v) is 17.5. The van der Waals surface area contributed by atoms with E-state index in [0.29, 0.717) is 11.5 Å². The number of aromatic nitrogens is 4. The molecular formula is C21H18N4OPt. The first-order valence-corrected chi connectivity index (χ1v) is 8.31. The molecule has 0 fully saturated rings. The van der Waals surface area contributed by atoms with Gasteiger partial charge in [-0.05, 0) is 6.92 Å².